The molecule has 2 heterocycles. The quantitative estimate of drug-likeness (QED) is 0.926. The minimum atomic E-state index is -0.897. The number of anilines is 2. The van der Waals surface area contributed by atoms with Crippen molar-refractivity contribution in [3.8, 4) is 0 Å². The van der Waals surface area contributed by atoms with E-state index in [0.717, 1.165) is 35.5 Å². The van der Waals surface area contributed by atoms with Crippen molar-refractivity contribution < 1.29 is 4.39 Å². The highest BCUT2D eigenvalue weighted by Crippen LogP contribution is 2.45. The van der Waals surface area contributed by atoms with Crippen LogP contribution < -0.4 is 10.6 Å². The Labute approximate surface area is 129 Å². The molecule has 114 valence electrons. The molecular formula is C17H19FN4. The van der Waals surface area contributed by atoms with Crippen LogP contribution in [0.15, 0.2) is 30.5 Å². The molecule has 1 aromatic heterocycles. The zero-order valence-corrected chi connectivity index (χ0v) is 12.6. The van der Waals surface area contributed by atoms with Gasteiger partial charge in [-0.2, -0.15) is 0 Å². The average molecular weight is 298 g/mol. The van der Waals surface area contributed by atoms with Gasteiger partial charge in [-0.3, -0.25) is 0 Å². The summed E-state index contributed by atoms with van der Waals surface area (Å²) in [5.41, 5.74) is 9.26. The molecule has 1 saturated carbocycles. The van der Waals surface area contributed by atoms with Crippen LogP contribution in [0.4, 0.5) is 15.9 Å². The lowest BCUT2D eigenvalue weighted by Gasteiger charge is -2.33. The molecule has 22 heavy (non-hydrogen) atoms. The molecule has 2 aliphatic rings. The number of fused-ring (bicyclic) bond motifs is 1. The molecule has 5 heteroatoms. The predicted octanol–water partition coefficient (Wildman–Crippen LogP) is 2.77. The number of aryl methyl sites for hydroxylation is 1. The van der Waals surface area contributed by atoms with Gasteiger partial charge in [-0.15, -0.1) is 0 Å². The first kappa shape index (κ1) is 13.6. The molecule has 2 N–H and O–H groups in total. The molecule has 0 saturated heterocycles. The Kier molecular flexibility index (Phi) is 2.94. The second-order valence-corrected chi connectivity index (χ2v) is 6.37. The van der Waals surface area contributed by atoms with Gasteiger partial charge in [0.05, 0.1) is 6.54 Å². The number of halogens is 1. The van der Waals surface area contributed by atoms with Crippen LogP contribution in [0.1, 0.15) is 29.8 Å². The van der Waals surface area contributed by atoms with E-state index in [-0.39, 0.29) is 5.54 Å². The van der Waals surface area contributed by atoms with Crippen molar-refractivity contribution in [2.24, 2.45) is 5.73 Å². The summed E-state index contributed by atoms with van der Waals surface area (Å²) in [6.07, 6.45) is 3.29. The van der Waals surface area contributed by atoms with Crippen LogP contribution in [0.5, 0.6) is 0 Å². The zero-order chi connectivity index (χ0) is 15.3. The van der Waals surface area contributed by atoms with Crippen LogP contribution in [0.25, 0.3) is 0 Å². The molecule has 1 atom stereocenters. The lowest BCUT2D eigenvalue weighted by atomic mass is 9.95. The van der Waals surface area contributed by atoms with E-state index in [1.807, 2.05) is 17.9 Å². The first-order valence-corrected chi connectivity index (χ1v) is 7.69. The van der Waals surface area contributed by atoms with E-state index >= 15 is 0 Å². The lowest BCUT2D eigenvalue weighted by Crippen LogP contribution is -2.34. The Morgan fingerprint density at radius 2 is 2.14 bits per heavy atom. The van der Waals surface area contributed by atoms with Gasteiger partial charge in [0, 0.05) is 23.8 Å². The molecular weight excluding hydrogens is 279 g/mol. The molecule has 0 spiro atoms. The zero-order valence-electron chi connectivity index (χ0n) is 12.6. The molecule has 0 radical (unpaired) electrons. The lowest BCUT2D eigenvalue weighted by molar-refractivity contribution is 0.330. The fourth-order valence-electron chi connectivity index (χ4n) is 3.16. The minimum absolute atomic E-state index is 0.186. The van der Waals surface area contributed by atoms with Crippen LogP contribution in [-0.4, -0.2) is 22.7 Å². The highest BCUT2D eigenvalue weighted by molar-refractivity contribution is 5.67. The molecule has 2 aromatic rings. The summed E-state index contributed by atoms with van der Waals surface area (Å²) in [5, 5.41) is 0. The molecule has 1 aromatic carbocycles. The first-order valence-electron chi connectivity index (χ1n) is 7.69. The van der Waals surface area contributed by atoms with Gasteiger partial charge in [0.2, 0.25) is 0 Å². The largest absolute Gasteiger partial charge is 0.323 e. The predicted molar refractivity (Wildman–Crippen MR) is 83.9 cm³/mol. The summed E-state index contributed by atoms with van der Waals surface area (Å²) in [6.45, 7) is 2.17. The first-order chi connectivity index (χ1) is 10.5. The maximum Gasteiger partial charge on any atom is 0.136 e. The maximum atomic E-state index is 14.2. The molecule has 1 fully saturated rings. The van der Waals surface area contributed by atoms with Crippen LogP contribution in [-0.2, 0) is 12.0 Å². The molecule has 1 aliphatic heterocycles. The Balaban J connectivity index is 1.77. The second kappa shape index (κ2) is 4.74. The highest BCUT2D eigenvalue weighted by Gasteiger charge is 2.40. The van der Waals surface area contributed by atoms with Crippen LogP contribution in [0.3, 0.4) is 0 Å². The smallest absolute Gasteiger partial charge is 0.136 e. The molecule has 1 aliphatic carbocycles. The van der Waals surface area contributed by atoms with E-state index < -0.39 is 6.17 Å². The maximum absolute atomic E-state index is 14.2. The molecule has 0 amide bonds. The van der Waals surface area contributed by atoms with Gasteiger partial charge in [0.1, 0.15) is 17.8 Å². The van der Waals surface area contributed by atoms with Crippen molar-refractivity contribution in [3.05, 3.63) is 47.4 Å². The Bertz CT molecular complexity index is 726. The van der Waals surface area contributed by atoms with Crippen molar-refractivity contribution >= 4 is 11.5 Å². The van der Waals surface area contributed by atoms with Gasteiger partial charge in [-0.1, -0.05) is 12.1 Å². The third-order valence-corrected chi connectivity index (χ3v) is 4.59. The molecule has 1 unspecified atom stereocenters. The number of benzene rings is 1. The van der Waals surface area contributed by atoms with E-state index in [0.29, 0.717) is 18.8 Å². The van der Waals surface area contributed by atoms with E-state index in [9.17, 15) is 4.39 Å². The summed E-state index contributed by atoms with van der Waals surface area (Å²) in [6, 6.07) is 8.04. The van der Waals surface area contributed by atoms with Crippen LogP contribution in [0, 0.1) is 6.92 Å². The van der Waals surface area contributed by atoms with Crippen LogP contribution in [0.2, 0.25) is 0 Å². The third-order valence-electron chi connectivity index (χ3n) is 4.59. The third kappa shape index (κ3) is 2.25. The molecule has 0 bridgehead atoms. The number of alkyl halides is 1. The van der Waals surface area contributed by atoms with Gasteiger partial charge in [-0.05, 0) is 43.0 Å². The van der Waals surface area contributed by atoms with Crippen molar-refractivity contribution in [1.82, 2.24) is 9.97 Å². The van der Waals surface area contributed by atoms with Crippen molar-refractivity contribution in [2.45, 2.75) is 37.9 Å². The number of nitrogens with zero attached hydrogens (tertiary/aromatic N) is 3. The summed E-state index contributed by atoms with van der Waals surface area (Å²) in [4.78, 5) is 10.5. The number of hydrogen-bond acceptors (Lipinski definition) is 4. The fourth-order valence-corrected chi connectivity index (χ4v) is 3.16. The standard InChI is InChI=1S/C17H19FN4/c1-11-20-7-4-16(21-11)22-10-14(18)9-12-8-13(2-3-15(12)22)17(19)5-6-17/h2-4,7-8,14H,5-6,9-10,19H2,1H3. The Hall–Kier alpha value is -2.01. The monoisotopic (exact) mass is 298 g/mol. The Morgan fingerprint density at radius 3 is 2.86 bits per heavy atom. The summed E-state index contributed by atoms with van der Waals surface area (Å²) in [5.74, 6) is 1.44. The number of rotatable bonds is 2. The van der Waals surface area contributed by atoms with Gasteiger partial charge in [-0.25, -0.2) is 14.4 Å². The van der Waals surface area contributed by atoms with Crippen molar-refractivity contribution in [1.29, 1.82) is 0 Å². The van der Waals surface area contributed by atoms with Crippen LogP contribution >= 0.6 is 0 Å². The number of aromatic nitrogens is 2. The normalized spacial score (nSPS) is 22.3. The van der Waals surface area contributed by atoms with E-state index in [1.165, 1.54) is 0 Å². The van der Waals surface area contributed by atoms with Crippen molar-refractivity contribution in [2.75, 3.05) is 11.4 Å². The number of nitrogens with two attached hydrogens (primary N) is 1. The SMILES string of the molecule is Cc1nccc(N2CC(F)Cc3cc(C4(N)CC4)ccc32)n1. The highest BCUT2D eigenvalue weighted by atomic mass is 19.1. The molecule has 4 nitrogen and oxygen atoms in total. The average Bonchev–Trinajstić information content (AvgIpc) is 3.25. The summed E-state index contributed by atoms with van der Waals surface area (Å²) in [7, 11) is 0. The topological polar surface area (TPSA) is 55.0 Å². The van der Waals surface area contributed by atoms with Gasteiger partial charge >= 0.3 is 0 Å². The second-order valence-electron chi connectivity index (χ2n) is 6.37. The van der Waals surface area contributed by atoms with Gasteiger partial charge in [0.15, 0.2) is 0 Å². The van der Waals surface area contributed by atoms with Gasteiger partial charge < -0.3 is 10.6 Å². The summed E-state index contributed by atoms with van der Waals surface area (Å²) < 4.78 is 14.2. The summed E-state index contributed by atoms with van der Waals surface area (Å²) >= 11 is 0. The van der Waals surface area contributed by atoms with Gasteiger partial charge in [0.25, 0.3) is 0 Å². The number of hydrogen-bond donors (Lipinski definition) is 1. The van der Waals surface area contributed by atoms with E-state index in [1.54, 1.807) is 6.20 Å². The van der Waals surface area contributed by atoms with Crippen molar-refractivity contribution in [3.63, 3.8) is 0 Å². The van der Waals surface area contributed by atoms with E-state index in [4.69, 9.17) is 5.73 Å². The van der Waals surface area contributed by atoms with E-state index in [2.05, 4.69) is 28.2 Å². The Morgan fingerprint density at radius 1 is 1.32 bits per heavy atom. The molecule has 4 rings (SSSR count). The fraction of sp³-hybridized carbons (Fsp3) is 0.412. The minimum Gasteiger partial charge on any atom is -0.323 e.